The number of hydrogen-bond acceptors (Lipinski definition) is 12. The third kappa shape index (κ3) is 13.4. The Bertz CT molecular complexity index is 7980. The maximum Gasteiger partial charge on any atom is 0.180 e. The van der Waals surface area contributed by atoms with Gasteiger partial charge in [-0.15, -0.1) is 0 Å². The van der Waals surface area contributed by atoms with Crippen molar-refractivity contribution in [1.29, 1.82) is 0 Å². The number of rotatable bonds is 14. The molecule has 0 aliphatic heterocycles. The van der Waals surface area contributed by atoms with Gasteiger partial charge in [-0.25, -0.2) is 39.9 Å². The first kappa shape index (κ1) is 72.3. The van der Waals surface area contributed by atoms with Crippen LogP contribution in [0.25, 0.3) is 246 Å². The minimum Gasteiger partial charge on any atom is -0.452 e. The molecule has 8 aromatic heterocycles. The van der Waals surface area contributed by atoms with Crippen molar-refractivity contribution < 1.29 is 17.7 Å². The van der Waals surface area contributed by atoms with Gasteiger partial charge in [-0.3, -0.25) is 0 Å². The normalized spacial score (nSPS) is 11.5. The summed E-state index contributed by atoms with van der Waals surface area (Å²) in [6.07, 6.45) is 0. The fourth-order valence-corrected chi connectivity index (χ4v) is 16.8. The van der Waals surface area contributed by atoms with E-state index in [1.54, 1.807) is 0 Å². The molecule has 24 aromatic rings. The second-order valence-electron chi connectivity index (χ2n) is 30.8. The van der Waals surface area contributed by atoms with E-state index in [9.17, 15) is 0 Å². The summed E-state index contributed by atoms with van der Waals surface area (Å²) in [6.45, 7) is 0. The lowest BCUT2D eigenvalue weighted by Gasteiger charge is -2.11. The molecule has 0 atom stereocenters. The Balaban J connectivity index is 0.000000146. The van der Waals surface area contributed by atoms with Crippen molar-refractivity contribution in [2.24, 2.45) is 0 Å². The average molecular weight is 1590 g/mol. The summed E-state index contributed by atoms with van der Waals surface area (Å²) in [4.78, 5) is 41.2. The van der Waals surface area contributed by atoms with E-state index in [0.717, 1.165) is 200 Å². The highest BCUT2D eigenvalue weighted by molar-refractivity contribution is 6.11. The maximum atomic E-state index is 6.52. The zero-order valence-corrected chi connectivity index (χ0v) is 66.5. The molecular formula is C112H68N8O4. The minimum atomic E-state index is 0.603. The van der Waals surface area contributed by atoms with Gasteiger partial charge in [0, 0.05) is 66.1 Å². The summed E-state index contributed by atoms with van der Waals surface area (Å²) < 4.78 is 25.8. The summed E-state index contributed by atoms with van der Waals surface area (Å²) in [7, 11) is 0. The fraction of sp³-hybridized carbons (Fsp3) is 0. The molecule has 12 heteroatoms. The third-order valence-corrected chi connectivity index (χ3v) is 23.1. The van der Waals surface area contributed by atoms with Crippen LogP contribution >= 0.6 is 0 Å². The number of nitrogens with zero attached hydrogens (tertiary/aromatic N) is 8. The molecule has 8 heterocycles. The van der Waals surface area contributed by atoms with E-state index in [-0.39, 0.29) is 0 Å². The standard InChI is InChI=1S/C62H38N4O2.C50H30N4O2/c1-3-13-39(14-4-1)41-25-31-44(32-26-41)55-59-57(51-21-7-9-23-53(51)67-59)65-61(63-55)46-35-29-43(30-36-46)47-17-11-18-48(37-47)49-19-12-20-50(38-49)56-60-58(52-22-8-10-24-54(52)68-60)66-62(64-56)45-33-27-42(28-34-45)40-15-5-2-6-16-40;1-3-13-31(14-4-1)35-17-11-19-37(29-35)43-47-45(39-21-7-9-23-41(39)55-47)53-49(51-43)33-25-27-34(28-26-33)50-52-44(48-46(54-50)40-22-8-10-24-42(40)56-48)38-20-12-18-36(30-38)32-15-5-2-6-16-32/h1-38H;1-30H. The SMILES string of the molecule is c1ccc(-c2ccc(-c3nc(-c4cccc(-c5cccc(-c6ccc(-c7nc(-c8ccc(-c9ccccc9)cc8)c8oc9ccccc9c8n7)cc6)c5)c4)c4oc5ccccc5c4n3)cc2)cc1.c1ccc(-c2cccc(-c3nc(-c4ccc(-c5nc(-c6cccc(-c7ccccc7)c6)c6oc7ccccc7c6n5)cc4)nc4c3oc3ccccc34)c2)cc1. The largest absolute Gasteiger partial charge is 0.452 e. The van der Waals surface area contributed by atoms with Crippen molar-refractivity contribution in [1.82, 2.24) is 39.9 Å². The fourth-order valence-electron chi connectivity index (χ4n) is 16.8. The van der Waals surface area contributed by atoms with Crippen LogP contribution in [0.1, 0.15) is 0 Å². The molecule has 0 bridgehead atoms. The molecule has 0 fully saturated rings. The first-order chi connectivity index (χ1) is 61.4. The molecule has 0 saturated heterocycles. The summed E-state index contributed by atoms with van der Waals surface area (Å²) in [5.41, 5.74) is 32.7. The van der Waals surface area contributed by atoms with Gasteiger partial charge in [0.2, 0.25) is 0 Å². The Morgan fingerprint density at radius 1 is 0.129 bits per heavy atom. The third-order valence-electron chi connectivity index (χ3n) is 23.1. The predicted octanol–water partition coefficient (Wildman–Crippen LogP) is 29.5. The predicted molar refractivity (Wildman–Crippen MR) is 500 cm³/mol. The molecule has 12 nitrogen and oxygen atoms in total. The second-order valence-corrected chi connectivity index (χ2v) is 30.8. The van der Waals surface area contributed by atoms with Gasteiger partial charge in [-0.05, 0) is 140 Å². The first-order valence-corrected chi connectivity index (χ1v) is 41.2. The highest BCUT2D eigenvalue weighted by atomic mass is 16.3. The lowest BCUT2D eigenvalue weighted by atomic mass is 9.96. The van der Waals surface area contributed by atoms with E-state index >= 15 is 0 Å². The molecule has 0 aliphatic rings. The molecule has 124 heavy (non-hydrogen) atoms. The quantitative estimate of drug-likeness (QED) is 0.102. The molecule has 0 aliphatic carbocycles. The lowest BCUT2D eigenvalue weighted by Crippen LogP contribution is -1.96. The average Bonchev–Trinajstić information content (AvgIpc) is 1.60. The Hall–Kier alpha value is -17.0. The van der Waals surface area contributed by atoms with Crippen LogP contribution in [-0.4, -0.2) is 39.9 Å². The smallest absolute Gasteiger partial charge is 0.180 e. The van der Waals surface area contributed by atoms with Gasteiger partial charge in [-0.2, -0.15) is 0 Å². The molecule has 580 valence electrons. The van der Waals surface area contributed by atoms with Gasteiger partial charge < -0.3 is 17.7 Å². The van der Waals surface area contributed by atoms with Gasteiger partial charge in [0.15, 0.2) is 45.6 Å². The van der Waals surface area contributed by atoms with Gasteiger partial charge in [0.1, 0.15) is 67.2 Å². The van der Waals surface area contributed by atoms with Crippen LogP contribution in [0.5, 0.6) is 0 Å². The van der Waals surface area contributed by atoms with Gasteiger partial charge in [0.25, 0.3) is 0 Å². The van der Waals surface area contributed by atoms with Crippen molar-refractivity contribution in [2.75, 3.05) is 0 Å². The first-order valence-electron chi connectivity index (χ1n) is 41.2. The topological polar surface area (TPSA) is 156 Å². The van der Waals surface area contributed by atoms with Crippen molar-refractivity contribution in [3.63, 3.8) is 0 Å². The number of benzene rings is 16. The Kier molecular flexibility index (Phi) is 17.9. The van der Waals surface area contributed by atoms with E-state index in [0.29, 0.717) is 45.6 Å². The van der Waals surface area contributed by atoms with Crippen LogP contribution in [-0.2, 0) is 0 Å². The number of hydrogen-bond donors (Lipinski definition) is 0. The number of fused-ring (bicyclic) bond motifs is 12. The summed E-state index contributed by atoms with van der Waals surface area (Å²) in [5.74, 6) is 2.49. The van der Waals surface area contributed by atoms with Crippen molar-refractivity contribution in [2.45, 2.75) is 0 Å². The minimum absolute atomic E-state index is 0.603. The van der Waals surface area contributed by atoms with Crippen LogP contribution in [0, 0.1) is 0 Å². The molecule has 24 rings (SSSR count). The molecule has 0 saturated carbocycles. The second kappa shape index (κ2) is 30.8. The van der Waals surface area contributed by atoms with Crippen LogP contribution in [0.2, 0.25) is 0 Å². The summed E-state index contributed by atoms with van der Waals surface area (Å²) >= 11 is 0. The van der Waals surface area contributed by atoms with Crippen LogP contribution < -0.4 is 0 Å². The van der Waals surface area contributed by atoms with Crippen molar-refractivity contribution in [3.05, 3.63) is 413 Å². The van der Waals surface area contributed by atoms with Crippen LogP contribution in [0.4, 0.5) is 0 Å². The summed E-state index contributed by atoms with van der Waals surface area (Å²) in [5, 5.41) is 3.81. The van der Waals surface area contributed by atoms with E-state index in [1.807, 2.05) is 133 Å². The zero-order valence-electron chi connectivity index (χ0n) is 66.5. The van der Waals surface area contributed by atoms with Crippen molar-refractivity contribution >= 4 is 88.3 Å². The number of para-hydroxylation sites is 4. The molecule has 16 aromatic carbocycles. The van der Waals surface area contributed by atoms with E-state index in [2.05, 4.69) is 279 Å². The molecule has 0 N–H and O–H groups in total. The van der Waals surface area contributed by atoms with Crippen LogP contribution in [0.15, 0.2) is 430 Å². The summed E-state index contributed by atoms with van der Waals surface area (Å²) in [6, 6.07) is 141. The molecule has 0 radical (unpaired) electrons. The van der Waals surface area contributed by atoms with Gasteiger partial charge in [-0.1, -0.05) is 340 Å². The number of aromatic nitrogens is 8. The Morgan fingerprint density at radius 3 is 0.581 bits per heavy atom. The lowest BCUT2D eigenvalue weighted by molar-refractivity contribution is 0.667. The molecule has 0 amide bonds. The van der Waals surface area contributed by atoms with E-state index in [4.69, 9.17) is 57.5 Å². The van der Waals surface area contributed by atoms with E-state index < -0.39 is 0 Å². The highest BCUT2D eigenvalue weighted by Crippen LogP contribution is 2.44. The zero-order chi connectivity index (χ0) is 82.0. The number of furan rings is 4. The van der Waals surface area contributed by atoms with Gasteiger partial charge >= 0.3 is 0 Å². The monoisotopic (exact) mass is 1590 g/mol. The Morgan fingerprint density at radius 2 is 0.306 bits per heavy atom. The highest BCUT2D eigenvalue weighted by Gasteiger charge is 2.25. The van der Waals surface area contributed by atoms with E-state index in [1.165, 1.54) is 0 Å². The Labute approximate surface area is 711 Å². The molecule has 0 unspecified atom stereocenters. The molecule has 0 spiro atoms. The van der Waals surface area contributed by atoms with Crippen molar-refractivity contribution in [3.8, 4) is 157 Å². The molecular weight excluding hydrogens is 1520 g/mol. The van der Waals surface area contributed by atoms with Crippen LogP contribution in [0.3, 0.4) is 0 Å². The van der Waals surface area contributed by atoms with Gasteiger partial charge in [0.05, 0.1) is 0 Å². The maximum absolute atomic E-state index is 6.52.